The molecule has 1 nitrogen and oxygen atoms in total. The van der Waals surface area contributed by atoms with Gasteiger partial charge in [-0.1, -0.05) is 41.4 Å². The predicted octanol–water partition coefficient (Wildman–Crippen LogP) is 4.88. The number of anilines is 1. The fourth-order valence-electron chi connectivity index (χ4n) is 1.50. The van der Waals surface area contributed by atoms with Crippen molar-refractivity contribution < 1.29 is 8.78 Å². The lowest BCUT2D eigenvalue weighted by molar-refractivity contribution is 0.613. The van der Waals surface area contributed by atoms with Crippen LogP contribution in [-0.2, 0) is 6.54 Å². The molecule has 0 aliphatic heterocycles. The molecule has 2 aromatic carbocycles. The fraction of sp³-hybridized carbons (Fsp3) is 0.0769. The van der Waals surface area contributed by atoms with E-state index in [0.717, 1.165) is 0 Å². The number of rotatable bonds is 3. The first kappa shape index (κ1) is 13.1. The van der Waals surface area contributed by atoms with Crippen LogP contribution in [0.15, 0.2) is 36.4 Å². The summed E-state index contributed by atoms with van der Waals surface area (Å²) in [6.07, 6.45) is 0. The molecule has 0 amide bonds. The molecule has 0 saturated heterocycles. The van der Waals surface area contributed by atoms with Gasteiger partial charge in [-0.15, -0.1) is 0 Å². The molecule has 0 heterocycles. The Morgan fingerprint density at radius 2 is 1.61 bits per heavy atom. The number of nitrogens with one attached hydrogen (secondary N) is 1. The molecule has 0 aromatic heterocycles. The maximum Gasteiger partial charge on any atom is 0.160 e. The average molecular weight is 288 g/mol. The molecule has 0 aliphatic carbocycles. The van der Waals surface area contributed by atoms with Gasteiger partial charge in [0.2, 0.25) is 0 Å². The molecule has 94 valence electrons. The van der Waals surface area contributed by atoms with Gasteiger partial charge in [0, 0.05) is 17.8 Å². The van der Waals surface area contributed by atoms with E-state index < -0.39 is 5.82 Å². The van der Waals surface area contributed by atoms with Crippen LogP contribution in [0, 0.1) is 11.6 Å². The Balaban J connectivity index is 2.14. The molecule has 2 rings (SSSR count). The molecule has 0 fully saturated rings. The Morgan fingerprint density at radius 3 is 2.22 bits per heavy atom. The van der Waals surface area contributed by atoms with Crippen LogP contribution in [0.25, 0.3) is 0 Å². The second kappa shape index (κ2) is 5.55. The van der Waals surface area contributed by atoms with Crippen molar-refractivity contribution in [2.45, 2.75) is 6.54 Å². The Kier molecular flexibility index (Phi) is 4.04. The van der Waals surface area contributed by atoms with Gasteiger partial charge in [-0.25, -0.2) is 8.78 Å². The van der Waals surface area contributed by atoms with Gasteiger partial charge in [0.15, 0.2) is 5.82 Å². The van der Waals surface area contributed by atoms with Gasteiger partial charge < -0.3 is 5.32 Å². The molecule has 0 saturated carbocycles. The summed E-state index contributed by atoms with van der Waals surface area (Å²) in [6.45, 7) is 0.269. The van der Waals surface area contributed by atoms with Crippen molar-refractivity contribution in [3.05, 3.63) is 63.6 Å². The molecular formula is C13H9Cl2F2N. The van der Waals surface area contributed by atoms with E-state index in [9.17, 15) is 8.78 Å². The van der Waals surface area contributed by atoms with Crippen molar-refractivity contribution >= 4 is 28.9 Å². The van der Waals surface area contributed by atoms with E-state index in [1.807, 2.05) is 0 Å². The SMILES string of the molecule is Fc1ccccc1CNc1cc(Cl)c(F)c(Cl)c1. The highest BCUT2D eigenvalue weighted by Crippen LogP contribution is 2.27. The monoisotopic (exact) mass is 287 g/mol. The van der Waals surface area contributed by atoms with Gasteiger partial charge >= 0.3 is 0 Å². The van der Waals surface area contributed by atoms with Gasteiger partial charge in [-0.3, -0.25) is 0 Å². The summed E-state index contributed by atoms with van der Waals surface area (Å²) in [6, 6.07) is 9.21. The number of halogens is 4. The predicted molar refractivity (Wildman–Crippen MR) is 70.1 cm³/mol. The van der Waals surface area contributed by atoms with E-state index in [2.05, 4.69) is 5.32 Å². The zero-order valence-electron chi connectivity index (χ0n) is 9.18. The lowest BCUT2D eigenvalue weighted by Crippen LogP contribution is -2.02. The van der Waals surface area contributed by atoms with Crippen LogP contribution in [0.3, 0.4) is 0 Å². The van der Waals surface area contributed by atoms with Gasteiger partial charge in [0.1, 0.15) is 5.82 Å². The topological polar surface area (TPSA) is 12.0 Å². The van der Waals surface area contributed by atoms with Crippen LogP contribution in [0.4, 0.5) is 14.5 Å². The van der Waals surface area contributed by atoms with Gasteiger partial charge in [0.25, 0.3) is 0 Å². The van der Waals surface area contributed by atoms with Gasteiger partial charge in [-0.2, -0.15) is 0 Å². The molecule has 0 atom stereocenters. The summed E-state index contributed by atoms with van der Waals surface area (Å²) in [7, 11) is 0. The van der Waals surface area contributed by atoms with Crippen LogP contribution in [0.5, 0.6) is 0 Å². The quantitative estimate of drug-likeness (QED) is 0.793. The Morgan fingerprint density at radius 1 is 1.00 bits per heavy atom. The molecule has 0 unspecified atom stereocenters. The Labute approximate surface area is 113 Å². The Hall–Kier alpha value is -1.32. The fourth-order valence-corrected chi connectivity index (χ4v) is 1.98. The number of benzene rings is 2. The molecule has 18 heavy (non-hydrogen) atoms. The average Bonchev–Trinajstić information content (AvgIpc) is 2.35. The summed E-state index contributed by atoms with van der Waals surface area (Å²) in [4.78, 5) is 0. The van der Waals surface area contributed by atoms with Crippen molar-refractivity contribution in [3.63, 3.8) is 0 Å². The van der Waals surface area contributed by atoms with Crippen molar-refractivity contribution in [1.82, 2.24) is 0 Å². The summed E-state index contributed by atoms with van der Waals surface area (Å²) >= 11 is 11.3. The first-order chi connectivity index (χ1) is 8.58. The van der Waals surface area contributed by atoms with E-state index in [1.165, 1.54) is 18.2 Å². The highest BCUT2D eigenvalue weighted by molar-refractivity contribution is 6.35. The maximum atomic E-state index is 13.4. The number of hydrogen-bond donors (Lipinski definition) is 1. The molecular weight excluding hydrogens is 279 g/mol. The van der Waals surface area contributed by atoms with E-state index >= 15 is 0 Å². The smallest absolute Gasteiger partial charge is 0.160 e. The second-order valence-corrected chi connectivity index (χ2v) is 4.51. The minimum Gasteiger partial charge on any atom is -0.381 e. The van der Waals surface area contributed by atoms with Crippen LogP contribution in [-0.4, -0.2) is 0 Å². The normalized spacial score (nSPS) is 10.4. The first-order valence-corrected chi connectivity index (χ1v) is 5.95. The van der Waals surface area contributed by atoms with Crippen LogP contribution in [0.2, 0.25) is 10.0 Å². The molecule has 1 N–H and O–H groups in total. The van der Waals surface area contributed by atoms with E-state index in [4.69, 9.17) is 23.2 Å². The molecule has 0 spiro atoms. The minimum absolute atomic E-state index is 0.0708. The number of hydrogen-bond acceptors (Lipinski definition) is 1. The van der Waals surface area contributed by atoms with Crippen molar-refractivity contribution in [1.29, 1.82) is 0 Å². The largest absolute Gasteiger partial charge is 0.381 e. The summed E-state index contributed by atoms with van der Waals surface area (Å²) in [5.74, 6) is -0.959. The van der Waals surface area contributed by atoms with Gasteiger partial charge in [-0.05, 0) is 18.2 Å². The maximum absolute atomic E-state index is 13.4. The molecule has 0 radical (unpaired) electrons. The highest BCUT2D eigenvalue weighted by Gasteiger charge is 2.08. The van der Waals surface area contributed by atoms with E-state index in [0.29, 0.717) is 11.3 Å². The molecule has 2 aromatic rings. The van der Waals surface area contributed by atoms with Gasteiger partial charge in [0.05, 0.1) is 10.0 Å². The van der Waals surface area contributed by atoms with Crippen molar-refractivity contribution in [3.8, 4) is 0 Å². The van der Waals surface area contributed by atoms with E-state index in [-0.39, 0.29) is 22.4 Å². The zero-order valence-corrected chi connectivity index (χ0v) is 10.7. The second-order valence-electron chi connectivity index (χ2n) is 3.70. The van der Waals surface area contributed by atoms with E-state index in [1.54, 1.807) is 18.2 Å². The van der Waals surface area contributed by atoms with Crippen LogP contribution in [0.1, 0.15) is 5.56 Å². The van der Waals surface area contributed by atoms with Crippen LogP contribution < -0.4 is 5.32 Å². The molecule has 0 bridgehead atoms. The summed E-state index contributed by atoms with van der Waals surface area (Å²) < 4.78 is 26.5. The zero-order chi connectivity index (χ0) is 13.1. The lowest BCUT2D eigenvalue weighted by atomic mass is 10.2. The third-order valence-electron chi connectivity index (χ3n) is 2.42. The third kappa shape index (κ3) is 2.92. The standard InChI is InChI=1S/C13H9Cl2F2N/c14-10-5-9(6-11(15)13(10)17)18-7-8-3-1-2-4-12(8)16/h1-6,18H,7H2. The summed E-state index contributed by atoms with van der Waals surface area (Å²) in [5, 5.41) is 2.79. The summed E-state index contributed by atoms with van der Waals surface area (Å²) in [5.41, 5.74) is 1.05. The molecule has 0 aliphatic rings. The minimum atomic E-state index is -0.658. The molecule has 5 heteroatoms. The highest BCUT2D eigenvalue weighted by atomic mass is 35.5. The lowest BCUT2D eigenvalue weighted by Gasteiger charge is -2.09. The third-order valence-corrected chi connectivity index (χ3v) is 2.97. The first-order valence-electron chi connectivity index (χ1n) is 5.20. The van der Waals surface area contributed by atoms with Crippen molar-refractivity contribution in [2.75, 3.05) is 5.32 Å². The Bertz CT molecular complexity index is 550. The van der Waals surface area contributed by atoms with Crippen LogP contribution >= 0.6 is 23.2 Å². The van der Waals surface area contributed by atoms with Crippen molar-refractivity contribution in [2.24, 2.45) is 0 Å².